The lowest BCUT2D eigenvalue weighted by Gasteiger charge is -2.12. The first-order valence-corrected chi connectivity index (χ1v) is 19.2. The third-order valence-electron chi connectivity index (χ3n) is 11.3. The highest BCUT2D eigenvalue weighted by Crippen LogP contribution is 2.42. The molecule has 5 nitrogen and oxygen atoms in total. The van der Waals surface area contributed by atoms with Crippen molar-refractivity contribution in [3.05, 3.63) is 194 Å². The summed E-state index contributed by atoms with van der Waals surface area (Å²) in [7, 11) is 0. The van der Waals surface area contributed by atoms with Gasteiger partial charge < -0.3 is 13.6 Å². The van der Waals surface area contributed by atoms with Crippen molar-refractivity contribution in [1.82, 2.24) is 19.1 Å². The minimum Gasteiger partial charge on any atom is -0.456 e. The molecule has 0 aliphatic rings. The SMILES string of the molecule is c1ccc(-c2cc(-c3ccc4c(c3)oc3cc(-n5c6ccccc6c6ccc7c8ccccc8n(-c8ccccc8)c7c65)ccc34)nc(-c3ccccc3)n2)cc1. The molecule has 0 saturated carbocycles. The summed E-state index contributed by atoms with van der Waals surface area (Å²) in [5, 5.41) is 7.01. The summed E-state index contributed by atoms with van der Waals surface area (Å²) in [6.07, 6.45) is 0. The topological polar surface area (TPSA) is 48.8 Å². The van der Waals surface area contributed by atoms with E-state index in [0.29, 0.717) is 5.82 Å². The molecule has 0 fully saturated rings. The summed E-state index contributed by atoms with van der Waals surface area (Å²) in [4.78, 5) is 10.1. The Hall–Kier alpha value is -7.76. The highest BCUT2D eigenvalue weighted by atomic mass is 16.3. The summed E-state index contributed by atoms with van der Waals surface area (Å²) >= 11 is 0. The Balaban J connectivity index is 1.07. The fraction of sp³-hybridized carbons (Fsp3) is 0. The van der Waals surface area contributed by atoms with E-state index in [4.69, 9.17) is 14.4 Å². The zero-order valence-corrected chi connectivity index (χ0v) is 30.7. The van der Waals surface area contributed by atoms with Crippen molar-refractivity contribution in [3.8, 4) is 45.3 Å². The molecule has 4 heterocycles. The van der Waals surface area contributed by atoms with Gasteiger partial charge in [0.1, 0.15) is 11.2 Å². The molecule has 12 rings (SSSR count). The summed E-state index contributed by atoms with van der Waals surface area (Å²) < 4.78 is 11.6. The Labute approximate surface area is 327 Å². The van der Waals surface area contributed by atoms with E-state index >= 15 is 0 Å². The van der Waals surface area contributed by atoms with E-state index in [1.165, 1.54) is 38.1 Å². The van der Waals surface area contributed by atoms with E-state index in [0.717, 1.165) is 66.9 Å². The molecular weight excluding hydrogens is 697 g/mol. The van der Waals surface area contributed by atoms with Gasteiger partial charge in [-0.1, -0.05) is 133 Å². The van der Waals surface area contributed by atoms with Gasteiger partial charge in [-0.3, -0.25) is 0 Å². The van der Waals surface area contributed by atoms with Gasteiger partial charge in [0.15, 0.2) is 5.82 Å². The number of hydrogen-bond donors (Lipinski definition) is 0. The number of rotatable bonds is 5. The molecule has 12 aromatic rings. The van der Waals surface area contributed by atoms with E-state index in [1.54, 1.807) is 0 Å². The fourth-order valence-corrected chi connectivity index (χ4v) is 8.75. The van der Waals surface area contributed by atoms with Crippen LogP contribution in [0.1, 0.15) is 0 Å². The largest absolute Gasteiger partial charge is 0.456 e. The summed E-state index contributed by atoms with van der Waals surface area (Å²) in [5.41, 5.74) is 13.2. The molecule has 0 amide bonds. The molecule has 0 radical (unpaired) electrons. The molecule has 0 atom stereocenters. The second-order valence-electron chi connectivity index (χ2n) is 14.6. The zero-order chi connectivity index (χ0) is 37.5. The molecule has 0 N–H and O–H groups in total. The molecule has 0 unspecified atom stereocenters. The van der Waals surface area contributed by atoms with Crippen LogP contribution in [-0.4, -0.2) is 19.1 Å². The Bertz CT molecular complexity index is 3450. The molecule has 266 valence electrons. The molecule has 0 aliphatic carbocycles. The molecule has 5 heteroatoms. The van der Waals surface area contributed by atoms with Gasteiger partial charge in [-0.2, -0.15) is 0 Å². The van der Waals surface area contributed by atoms with Crippen molar-refractivity contribution in [2.75, 3.05) is 0 Å². The van der Waals surface area contributed by atoms with E-state index in [9.17, 15) is 0 Å². The minimum atomic E-state index is 0.688. The number of fused-ring (bicyclic) bond motifs is 10. The summed E-state index contributed by atoms with van der Waals surface area (Å²) in [6, 6.07) is 68.3. The van der Waals surface area contributed by atoms with Crippen LogP contribution in [0.5, 0.6) is 0 Å². The predicted molar refractivity (Wildman–Crippen MR) is 234 cm³/mol. The van der Waals surface area contributed by atoms with Gasteiger partial charge in [-0.25, -0.2) is 9.97 Å². The smallest absolute Gasteiger partial charge is 0.160 e. The lowest BCUT2D eigenvalue weighted by molar-refractivity contribution is 0.669. The Morgan fingerprint density at radius 1 is 0.333 bits per heavy atom. The Morgan fingerprint density at radius 3 is 1.47 bits per heavy atom. The second-order valence-corrected chi connectivity index (χ2v) is 14.6. The molecular formula is C52H32N4O. The van der Waals surface area contributed by atoms with E-state index in [1.807, 2.05) is 36.4 Å². The van der Waals surface area contributed by atoms with Crippen molar-refractivity contribution in [2.24, 2.45) is 0 Å². The average molecular weight is 729 g/mol. The van der Waals surface area contributed by atoms with E-state index in [2.05, 4.69) is 167 Å². The zero-order valence-electron chi connectivity index (χ0n) is 30.7. The van der Waals surface area contributed by atoms with E-state index < -0.39 is 0 Å². The number of benzene rings is 8. The molecule has 57 heavy (non-hydrogen) atoms. The minimum absolute atomic E-state index is 0.688. The van der Waals surface area contributed by atoms with Crippen molar-refractivity contribution in [3.63, 3.8) is 0 Å². The lowest BCUT2D eigenvalue weighted by atomic mass is 10.0. The van der Waals surface area contributed by atoms with Crippen LogP contribution >= 0.6 is 0 Å². The Kier molecular flexibility index (Phi) is 6.86. The third kappa shape index (κ3) is 4.89. The normalized spacial score (nSPS) is 11.9. The maximum Gasteiger partial charge on any atom is 0.160 e. The van der Waals surface area contributed by atoms with Gasteiger partial charge in [0.05, 0.1) is 39.1 Å². The van der Waals surface area contributed by atoms with Gasteiger partial charge >= 0.3 is 0 Å². The predicted octanol–water partition coefficient (Wildman–Crippen LogP) is 13.6. The number of para-hydroxylation sites is 3. The molecule has 8 aromatic carbocycles. The van der Waals surface area contributed by atoms with Crippen molar-refractivity contribution >= 4 is 65.6 Å². The van der Waals surface area contributed by atoms with Gasteiger partial charge in [0.2, 0.25) is 0 Å². The van der Waals surface area contributed by atoms with Gasteiger partial charge in [-0.05, 0) is 54.6 Å². The van der Waals surface area contributed by atoms with Crippen LogP contribution in [-0.2, 0) is 0 Å². The first kappa shape index (κ1) is 31.6. The maximum absolute atomic E-state index is 6.77. The lowest BCUT2D eigenvalue weighted by Crippen LogP contribution is -1.98. The highest BCUT2D eigenvalue weighted by Gasteiger charge is 2.22. The van der Waals surface area contributed by atoms with Crippen LogP contribution in [0.15, 0.2) is 199 Å². The van der Waals surface area contributed by atoms with Crippen LogP contribution in [0, 0.1) is 0 Å². The number of aromatic nitrogens is 4. The maximum atomic E-state index is 6.77. The monoisotopic (exact) mass is 728 g/mol. The standard InChI is InChI=1S/C52H32N4O/c1-4-14-33(15-5-1)44-32-45(54-52(53-44)34-16-6-2-7-17-34)35-24-26-40-41-27-25-37(31-49(41)57-48(40)30-35)56-47-23-13-11-21-39(47)43-29-28-42-38-20-10-12-22-46(38)55(50(42)51(43)56)36-18-8-3-9-19-36/h1-32H. The van der Waals surface area contributed by atoms with E-state index in [-0.39, 0.29) is 0 Å². The van der Waals surface area contributed by atoms with Gasteiger partial charge in [-0.15, -0.1) is 0 Å². The van der Waals surface area contributed by atoms with Crippen LogP contribution in [0.25, 0.3) is 111 Å². The van der Waals surface area contributed by atoms with Gasteiger partial charge in [0, 0.05) is 60.8 Å². The van der Waals surface area contributed by atoms with Crippen LogP contribution in [0.2, 0.25) is 0 Å². The van der Waals surface area contributed by atoms with Crippen LogP contribution < -0.4 is 0 Å². The summed E-state index contributed by atoms with van der Waals surface area (Å²) in [5.74, 6) is 0.688. The van der Waals surface area contributed by atoms with Gasteiger partial charge in [0.25, 0.3) is 0 Å². The quantitative estimate of drug-likeness (QED) is 0.177. The number of nitrogens with zero attached hydrogens (tertiary/aromatic N) is 4. The molecule has 0 bridgehead atoms. The van der Waals surface area contributed by atoms with Crippen molar-refractivity contribution in [2.45, 2.75) is 0 Å². The fourth-order valence-electron chi connectivity index (χ4n) is 8.75. The second kappa shape index (κ2) is 12.4. The number of furan rings is 1. The molecule has 0 saturated heterocycles. The third-order valence-corrected chi connectivity index (χ3v) is 11.3. The van der Waals surface area contributed by atoms with Crippen LogP contribution in [0.3, 0.4) is 0 Å². The Morgan fingerprint density at radius 2 is 0.825 bits per heavy atom. The average Bonchev–Trinajstić information content (AvgIpc) is 3.94. The first-order chi connectivity index (χ1) is 28.3. The first-order valence-electron chi connectivity index (χ1n) is 19.2. The number of hydrogen-bond acceptors (Lipinski definition) is 3. The molecule has 4 aromatic heterocycles. The molecule has 0 spiro atoms. The molecule has 0 aliphatic heterocycles. The van der Waals surface area contributed by atoms with Crippen LogP contribution in [0.4, 0.5) is 0 Å². The van der Waals surface area contributed by atoms with Crippen molar-refractivity contribution in [1.29, 1.82) is 0 Å². The summed E-state index contributed by atoms with van der Waals surface area (Å²) in [6.45, 7) is 0. The van der Waals surface area contributed by atoms with Crippen molar-refractivity contribution < 1.29 is 4.42 Å². The highest BCUT2D eigenvalue weighted by molar-refractivity contribution is 6.24.